The number of ether oxygens (including phenoxy) is 1. The number of anilines is 1. The molecule has 2 aromatic carbocycles. The van der Waals surface area contributed by atoms with Crippen LogP contribution >= 0.6 is 0 Å². The van der Waals surface area contributed by atoms with Crippen LogP contribution in [0.3, 0.4) is 0 Å². The lowest BCUT2D eigenvalue weighted by atomic mass is 9.92. The Kier molecular flexibility index (Phi) is 8.30. The topological polar surface area (TPSA) is 111 Å². The minimum Gasteiger partial charge on any atom is -0.465 e. The third-order valence-corrected chi connectivity index (χ3v) is 5.82. The minimum atomic E-state index is -0.517. The second-order valence-electron chi connectivity index (χ2n) is 8.45. The number of carbonyl (C=O) groups is 2. The molecule has 1 atom stereocenters. The Bertz CT molecular complexity index is 1240. The fourth-order valence-electron chi connectivity index (χ4n) is 4.17. The number of aromatic nitrogens is 1. The molecular formula is C27H29N3O5. The number of nitrogens with zero attached hydrogens (tertiary/aromatic N) is 2. The predicted molar refractivity (Wildman–Crippen MR) is 134 cm³/mol. The Morgan fingerprint density at radius 3 is 2.43 bits per heavy atom. The number of pyridine rings is 1. The van der Waals surface area contributed by atoms with Gasteiger partial charge in [0.15, 0.2) is 0 Å². The number of aryl methyl sites for hydroxylation is 2. The van der Waals surface area contributed by atoms with E-state index in [-0.39, 0.29) is 23.3 Å². The summed E-state index contributed by atoms with van der Waals surface area (Å²) in [4.78, 5) is 40.5. The molecule has 35 heavy (non-hydrogen) atoms. The number of nitrogens with one attached hydrogen (secondary N) is 1. The number of amides is 1. The number of hydrogen-bond acceptors (Lipinski definition) is 6. The first-order chi connectivity index (χ1) is 16.7. The predicted octanol–water partition coefficient (Wildman–Crippen LogP) is 5.66. The Morgan fingerprint density at radius 2 is 1.80 bits per heavy atom. The van der Waals surface area contributed by atoms with E-state index in [0.29, 0.717) is 29.7 Å². The van der Waals surface area contributed by atoms with Crippen LogP contribution in [0.2, 0.25) is 0 Å². The SMILES string of the molecule is CCCC(Cc1ccc(-c2ccccc2C(=O)OC)cc1)C(=O)Nc1nc(C)cc(C)c1[N+](=O)[O-]. The molecule has 0 saturated heterocycles. The van der Waals surface area contributed by atoms with Gasteiger partial charge in [-0.05, 0) is 55.5 Å². The van der Waals surface area contributed by atoms with Gasteiger partial charge in [0.25, 0.3) is 0 Å². The molecule has 0 fully saturated rings. The molecule has 0 radical (unpaired) electrons. The van der Waals surface area contributed by atoms with Crippen molar-refractivity contribution in [3.63, 3.8) is 0 Å². The Hall–Kier alpha value is -4.07. The molecule has 3 rings (SSSR count). The fourth-order valence-corrected chi connectivity index (χ4v) is 4.17. The molecule has 0 aliphatic carbocycles. The van der Waals surface area contributed by atoms with Crippen LogP contribution in [-0.4, -0.2) is 28.9 Å². The Labute approximate surface area is 204 Å². The zero-order chi connectivity index (χ0) is 25.5. The van der Waals surface area contributed by atoms with Crippen molar-refractivity contribution in [2.24, 2.45) is 5.92 Å². The number of rotatable bonds is 9. The van der Waals surface area contributed by atoms with E-state index < -0.39 is 10.9 Å². The maximum atomic E-state index is 13.1. The van der Waals surface area contributed by atoms with Crippen LogP contribution in [-0.2, 0) is 16.0 Å². The molecule has 1 heterocycles. The lowest BCUT2D eigenvalue weighted by molar-refractivity contribution is -0.384. The maximum Gasteiger partial charge on any atom is 0.338 e. The summed E-state index contributed by atoms with van der Waals surface area (Å²) >= 11 is 0. The van der Waals surface area contributed by atoms with E-state index in [0.717, 1.165) is 23.1 Å². The summed E-state index contributed by atoms with van der Waals surface area (Å²) in [5, 5.41) is 14.2. The van der Waals surface area contributed by atoms with Crippen molar-refractivity contribution >= 4 is 23.4 Å². The summed E-state index contributed by atoms with van der Waals surface area (Å²) < 4.78 is 4.88. The molecule has 182 valence electrons. The summed E-state index contributed by atoms with van der Waals surface area (Å²) in [7, 11) is 1.35. The van der Waals surface area contributed by atoms with E-state index in [1.165, 1.54) is 7.11 Å². The van der Waals surface area contributed by atoms with Crippen LogP contribution < -0.4 is 5.32 Å². The van der Waals surface area contributed by atoms with Crippen molar-refractivity contribution in [1.29, 1.82) is 0 Å². The molecular weight excluding hydrogens is 446 g/mol. The lowest BCUT2D eigenvalue weighted by Crippen LogP contribution is -2.26. The normalized spacial score (nSPS) is 11.5. The maximum absolute atomic E-state index is 13.1. The average molecular weight is 476 g/mol. The second-order valence-corrected chi connectivity index (χ2v) is 8.45. The lowest BCUT2D eigenvalue weighted by Gasteiger charge is -2.17. The molecule has 8 heteroatoms. The first kappa shape index (κ1) is 25.6. The molecule has 1 aromatic heterocycles. The van der Waals surface area contributed by atoms with Gasteiger partial charge in [-0.25, -0.2) is 9.78 Å². The molecule has 8 nitrogen and oxygen atoms in total. The molecule has 1 amide bonds. The van der Waals surface area contributed by atoms with Crippen molar-refractivity contribution in [3.8, 4) is 11.1 Å². The standard InChI is InChI=1S/C27H29N3O5/c1-5-8-21(26(31)29-25-24(30(33)34)17(2)15-18(3)28-25)16-19-11-13-20(14-12-19)22-9-6-7-10-23(22)27(32)35-4/h6-7,9-15,21H,5,8,16H2,1-4H3,(H,28,29,31). The highest BCUT2D eigenvalue weighted by Crippen LogP contribution is 2.29. The first-order valence-electron chi connectivity index (χ1n) is 11.4. The third-order valence-electron chi connectivity index (χ3n) is 5.82. The number of carbonyl (C=O) groups excluding carboxylic acids is 2. The van der Waals surface area contributed by atoms with Gasteiger partial charge in [-0.1, -0.05) is 55.8 Å². The van der Waals surface area contributed by atoms with E-state index in [4.69, 9.17) is 4.74 Å². The highest BCUT2D eigenvalue weighted by molar-refractivity contribution is 5.97. The van der Waals surface area contributed by atoms with Gasteiger partial charge in [0.2, 0.25) is 11.7 Å². The number of nitro groups is 1. The number of esters is 1. The minimum absolute atomic E-state index is 0.0200. The zero-order valence-electron chi connectivity index (χ0n) is 20.3. The molecule has 1 unspecified atom stereocenters. The van der Waals surface area contributed by atoms with Crippen LogP contribution in [0.5, 0.6) is 0 Å². The zero-order valence-corrected chi connectivity index (χ0v) is 20.3. The van der Waals surface area contributed by atoms with E-state index in [1.54, 1.807) is 32.0 Å². The van der Waals surface area contributed by atoms with Crippen LogP contribution in [0.4, 0.5) is 11.5 Å². The van der Waals surface area contributed by atoms with Crippen LogP contribution in [0.1, 0.15) is 46.9 Å². The van der Waals surface area contributed by atoms with Crippen LogP contribution in [0.25, 0.3) is 11.1 Å². The first-order valence-corrected chi connectivity index (χ1v) is 11.4. The van der Waals surface area contributed by atoms with Gasteiger partial charge >= 0.3 is 11.7 Å². The quantitative estimate of drug-likeness (QED) is 0.243. The molecule has 3 aromatic rings. The Balaban J connectivity index is 1.82. The number of methoxy groups -OCH3 is 1. The van der Waals surface area contributed by atoms with Gasteiger partial charge in [0, 0.05) is 17.2 Å². The van der Waals surface area contributed by atoms with Crippen LogP contribution in [0.15, 0.2) is 54.6 Å². The smallest absolute Gasteiger partial charge is 0.338 e. The van der Waals surface area contributed by atoms with Gasteiger partial charge in [-0.2, -0.15) is 0 Å². The van der Waals surface area contributed by atoms with E-state index in [1.807, 2.05) is 43.3 Å². The van der Waals surface area contributed by atoms with Crippen molar-refractivity contribution in [3.05, 3.63) is 87.1 Å². The summed E-state index contributed by atoms with van der Waals surface area (Å²) in [6.07, 6.45) is 1.87. The van der Waals surface area contributed by atoms with Crippen molar-refractivity contribution < 1.29 is 19.2 Å². The molecule has 0 aliphatic heterocycles. The molecule has 0 spiro atoms. The van der Waals surface area contributed by atoms with Crippen molar-refractivity contribution in [2.75, 3.05) is 12.4 Å². The van der Waals surface area contributed by atoms with E-state index in [9.17, 15) is 19.7 Å². The van der Waals surface area contributed by atoms with Crippen molar-refractivity contribution in [1.82, 2.24) is 4.98 Å². The summed E-state index contributed by atoms with van der Waals surface area (Å²) in [5.41, 5.74) is 3.91. The molecule has 0 aliphatic rings. The van der Waals surface area contributed by atoms with Gasteiger partial charge in [-0.3, -0.25) is 14.9 Å². The van der Waals surface area contributed by atoms with Gasteiger partial charge in [0.1, 0.15) is 0 Å². The molecule has 0 saturated carbocycles. The van der Waals surface area contributed by atoms with Gasteiger partial charge in [-0.15, -0.1) is 0 Å². The van der Waals surface area contributed by atoms with Crippen molar-refractivity contribution in [2.45, 2.75) is 40.0 Å². The average Bonchev–Trinajstić information content (AvgIpc) is 2.83. The third kappa shape index (κ3) is 6.09. The van der Waals surface area contributed by atoms with Crippen LogP contribution in [0, 0.1) is 29.9 Å². The summed E-state index contributed by atoms with van der Waals surface area (Å²) in [5.74, 6) is -1.10. The molecule has 1 N–H and O–H groups in total. The van der Waals surface area contributed by atoms with Gasteiger partial charge < -0.3 is 10.1 Å². The highest BCUT2D eigenvalue weighted by atomic mass is 16.6. The number of benzene rings is 2. The largest absolute Gasteiger partial charge is 0.465 e. The fraction of sp³-hybridized carbons (Fsp3) is 0.296. The van der Waals surface area contributed by atoms with E-state index in [2.05, 4.69) is 10.3 Å². The second kappa shape index (κ2) is 11.4. The highest BCUT2D eigenvalue weighted by Gasteiger charge is 2.25. The summed E-state index contributed by atoms with van der Waals surface area (Å²) in [6, 6.07) is 16.5. The van der Waals surface area contributed by atoms with E-state index >= 15 is 0 Å². The number of hydrogen-bond donors (Lipinski definition) is 1. The molecule has 0 bridgehead atoms. The Morgan fingerprint density at radius 1 is 1.11 bits per heavy atom. The summed E-state index contributed by atoms with van der Waals surface area (Å²) in [6.45, 7) is 5.35. The van der Waals surface area contributed by atoms with Gasteiger partial charge in [0.05, 0.1) is 17.6 Å². The monoisotopic (exact) mass is 475 g/mol.